The lowest BCUT2D eigenvalue weighted by Gasteiger charge is -2.62. The molecule has 4 heteroatoms. The molecule has 2 rings (SSSR count). The van der Waals surface area contributed by atoms with Crippen molar-refractivity contribution in [3.63, 3.8) is 0 Å². The van der Waals surface area contributed by atoms with Gasteiger partial charge in [0.05, 0.1) is 19.0 Å². The highest BCUT2D eigenvalue weighted by Crippen LogP contribution is 2.49. The first-order valence-corrected chi connectivity index (χ1v) is 13.4. The maximum absolute atomic E-state index is 12.3. The Balaban J connectivity index is 1.88. The van der Waals surface area contributed by atoms with Crippen LogP contribution in [0.15, 0.2) is 12.7 Å². The van der Waals surface area contributed by atoms with Gasteiger partial charge in [-0.05, 0) is 38.5 Å². The van der Waals surface area contributed by atoms with Crippen molar-refractivity contribution in [1.29, 1.82) is 0 Å². The SMILES string of the molecule is C=CCOC(=O)C1CCC2(CC1)OC[N+]2(CCCCCCCC)CCCCCCCC. The molecule has 0 N–H and O–H groups in total. The fourth-order valence-electron chi connectivity index (χ4n) is 5.65. The third-order valence-corrected chi connectivity index (χ3v) is 7.77. The topological polar surface area (TPSA) is 35.5 Å². The molecule has 0 unspecified atom stereocenters. The van der Waals surface area contributed by atoms with Gasteiger partial charge < -0.3 is 4.74 Å². The van der Waals surface area contributed by atoms with Crippen molar-refractivity contribution in [2.24, 2.45) is 5.92 Å². The Kier molecular flexibility index (Phi) is 12.2. The van der Waals surface area contributed by atoms with Gasteiger partial charge in [-0.3, -0.25) is 14.0 Å². The predicted octanol–water partition coefficient (Wildman–Crippen LogP) is 7.13. The highest BCUT2D eigenvalue weighted by Gasteiger charge is 2.61. The second kappa shape index (κ2) is 14.3. The molecule has 4 nitrogen and oxygen atoms in total. The van der Waals surface area contributed by atoms with E-state index in [1.165, 1.54) is 90.1 Å². The van der Waals surface area contributed by atoms with E-state index >= 15 is 0 Å². The molecule has 0 aromatic rings. The van der Waals surface area contributed by atoms with Crippen molar-refractivity contribution in [2.75, 3.05) is 26.4 Å². The van der Waals surface area contributed by atoms with Crippen LogP contribution in [0.2, 0.25) is 0 Å². The van der Waals surface area contributed by atoms with Gasteiger partial charge in [-0.25, -0.2) is 0 Å². The molecule has 2 aliphatic rings. The first kappa shape index (κ1) is 26.4. The van der Waals surface area contributed by atoms with Gasteiger partial charge in [-0.2, -0.15) is 0 Å². The number of rotatable bonds is 17. The number of quaternary nitrogens is 1. The van der Waals surface area contributed by atoms with E-state index in [2.05, 4.69) is 20.4 Å². The van der Waals surface area contributed by atoms with Crippen LogP contribution in [0.25, 0.3) is 0 Å². The van der Waals surface area contributed by atoms with Crippen LogP contribution in [0.1, 0.15) is 117 Å². The van der Waals surface area contributed by atoms with Gasteiger partial charge >= 0.3 is 5.97 Å². The minimum Gasteiger partial charge on any atom is -0.461 e. The summed E-state index contributed by atoms with van der Waals surface area (Å²) in [6.07, 6.45) is 21.7. The van der Waals surface area contributed by atoms with Gasteiger partial charge in [0.15, 0.2) is 6.73 Å². The van der Waals surface area contributed by atoms with Crippen molar-refractivity contribution in [1.82, 2.24) is 0 Å². The molecule has 1 saturated carbocycles. The molecule has 31 heavy (non-hydrogen) atoms. The van der Waals surface area contributed by atoms with Crippen LogP contribution in [0, 0.1) is 5.92 Å². The lowest BCUT2D eigenvalue weighted by atomic mass is 9.79. The number of unbranched alkanes of at least 4 members (excludes halogenated alkanes) is 10. The summed E-state index contributed by atoms with van der Waals surface area (Å²) in [7, 11) is 0. The van der Waals surface area contributed by atoms with Crippen molar-refractivity contribution in [2.45, 2.75) is 122 Å². The quantitative estimate of drug-likeness (QED) is 0.105. The first-order valence-electron chi connectivity index (χ1n) is 13.4. The molecule has 0 amide bonds. The molecule has 180 valence electrons. The normalized spacial score (nSPS) is 24.6. The molecule has 0 atom stereocenters. The molecule has 1 saturated heterocycles. The number of hydrogen-bond donors (Lipinski definition) is 0. The highest BCUT2D eigenvalue weighted by atomic mass is 16.6. The van der Waals surface area contributed by atoms with Crippen LogP contribution in [-0.2, 0) is 14.3 Å². The lowest BCUT2D eigenvalue weighted by molar-refractivity contribution is -1.08. The Morgan fingerprint density at radius 3 is 1.90 bits per heavy atom. The van der Waals surface area contributed by atoms with Gasteiger partial charge in [0.25, 0.3) is 0 Å². The fourth-order valence-corrected chi connectivity index (χ4v) is 5.65. The van der Waals surface area contributed by atoms with Crippen LogP contribution in [0.3, 0.4) is 0 Å². The second-order valence-electron chi connectivity index (χ2n) is 10.0. The van der Waals surface area contributed by atoms with E-state index in [0.717, 1.165) is 36.9 Å². The number of esters is 1. The Hall–Kier alpha value is -0.870. The number of nitrogens with zero attached hydrogens (tertiary/aromatic N) is 1. The van der Waals surface area contributed by atoms with E-state index in [1.54, 1.807) is 6.08 Å². The van der Waals surface area contributed by atoms with Gasteiger partial charge in [0.1, 0.15) is 6.61 Å². The fraction of sp³-hybridized carbons (Fsp3) is 0.889. The minimum absolute atomic E-state index is 0.0257. The zero-order valence-corrected chi connectivity index (χ0v) is 20.7. The number of hydrogen-bond acceptors (Lipinski definition) is 3. The molecule has 2 fully saturated rings. The van der Waals surface area contributed by atoms with Crippen LogP contribution >= 0.6 is 0 Å². The van der Waals surface area contributed by atoms with E-state index in [4.69, 9.17) is 9.47 Å². The van der Waals surface area contributed by atoms with E-state index in [9.17, 15) is 4.79 Å². The second-order valence-corrected chi connectivity index (χ2v) is 10.0. The Labute approximate surface area is 192 Å². The maximum Gasteiger partial charge on any atom is 0.309 e. The van der Waals surface area contributed by atoms with Gasteiger partial charge in [0, 0.05) is 12.8 Å². The molecule has 0 radical (unpaired) electrons. The largest absolute Gasteiger partial charge is 0.461 e. The van der Waals surface area contributed by atoms with Crippen molar-refractivity contribution in [3.8, 4) is 0 Å². The summed E-state index contributed by atoms with van der Waals surface area (Å²) in [5, 5.41) is 0. The van der Waals surface area contributed by atoms with E-state index < -0.39 is 0 Å². The first-order chi connectivity index (χ1) is 15.1. The van der Waals surface area contributed by atoms with E-state index in [0.29, 0.717) is 6.61 Å². The van der Waals surface area contributed by atoms with Crippen LogP contribution in [0.4, 0.5) is 0 Å². The van der Waals surface area contributed by atoms with Crippen LogP contribution in [-0.4, -0.2) is 42.6 Å². The van der Waals surface area contributed by atoms with Crippen molar-refractivity contribution >= 4 is 5.97 Å². The summed E-state index contributed by atoms with van der Waals surface area (Å²) in [6.45, 7) is 11.9. The Bertz CT molecular complexity index is 495. The van der Waals surface area contributed by atoms with Crippen LogP contribution < -0.4 is 0 Å². The summed E-state index contributed by atoms with van der Waals surface area (Å²) in [5.41, 5.74) is -0.0257. The van der Waals surface area contributed by atoms with Gasteiger partial charge in [-0.1, -0.05) is 77.9 Å². The summed E-state index contributed by atoms with van der Waals surface area (Å²) in [5.74, 6) is -0.00113. The smallest absolute Gasteiger partial charge is 0.309 e. The molecule has 0 aromatic heterocycles. The average Bonchev–Trinajstić information content (AvgIpc) is 2.79. The summed E-state index contributed by atoms with van der Waals surface area (Å²) >= 11 is 0. The highest BCUT2D eigenvalue weighted by molar-refractivity contribution is 5.72. The molecule has 1 heterocycles. The lowest BCUT2D eigenvalue weighted by Crippen LogP contribution is -2.77. The van der Waals surface area contributed by atoms with Crippen LogP contribution in [0.5, 0.6) is 0 Å². The van der Waals surface area contributed by atoms with Crippen molar-refractivity contribution < 1.29 is 18.8 Å². The Morgan fingerprint density at radius 2 is 1.45 bits per heavy atom. The Morgan fingerprint density at radius 1 is 0.935 bits per heavy atom. The molecule has 0 bridgehead atoms. The minimum atomic E-state index is -0.0426. The maximum atomic E-state index is 12.3. The standard InChI is InChI=1S/C27H50NO3/c1-4-7-9-11-13-15-21-28(22-16-14-12-10-8-5-2)24-31-27(28)19-17-25(18-20-27)26(29)30-23-6-3/h6,25H,3-5,7-24H2,1-2H3/q+1. The molecule has 1 aliphatic heterocycles. The van der Waals surface area contributed by atoms with Gasteiger partial charge in [0.2, 0.25) is 5.72 Å². The number of carbonyl (C=O) groups excluding carboxylic acids is 1. The molecule has 1 spiro atoms. The molecule has 1 aliphatic carbocycles. The van der Waals surface area contributed by atoms with E-state index in [1.807, 2.05) is 0 Å². The number of carbonyl (C=O) groups is 1. The zero-order valence-electron chi connectivity index (χ0n) is 20.7. The zero-order chi connectivity index (χ0) is 22.4. The predicted molar refractivity (Wildman–Crippen MR) is 129 cm³/mol. The summed E-state index contributed by atoms with van der Waals surface area (Å²) in [4.78, 5) is 12.3. The van der Waals surface area contributed by atoms with Gasteiger partial charge in [-0.15, -0.1) is 0 Å². The number of ether oxygens (including phenoxy) is 2. The summed E-state index contributed by atoms with van der Waals surface area (Å²) < 4.78 is 12.9. The third-order valence-electron chi connectivity index (χ3n) is 7.77. The van der Waals surface area contributed by atoms with Crippen molar-refractivity contribution in [3.05, 3.63) is 12.7 Å². The van der Waals surface area contributed by atoms with E-state index in [-0.39, 0.29) is 17.6 Å². The average molecular weight is 437 g/mol. The summed E-state index contributed by atoms with van der Waals surface area (Å²) in [6, 6.07) is 0. The third kappa shape index (κ3) is 7.60. The molecular formula is C27H50NO3+. The monoisotopic (exact) mass is 436 g/mol. The molecular weight excluding hydrogens is 386 g/mol. The molecule has 0 aromatic carbocycles.